The Morgan fingerprint density at radius 1 is 1.58 bits per heavy atom. The number of nitrogens with zero attached hydrogens (tertiary/aromatic N) is 1. The van der Waals surface area contributed by atoms with Gasteiger partial charge in [-0.25, -0.2) is 0 Å². The summed E-state index contributed by atoms with van der Waals surface area (Å²) < 4.78 is 0. The number of nitrogens with two attached hydrogens (primary N) is 1. The van der Waals surface area contributed by atoms with Gasteiger partial charge in [0.25, 0.3) is 0 Å². The highest BCUT2D eigenvalue weighted by molar-refractivity contribution is 5.78. The molecule has 12 heavy (non-hydrogen) atoms. The van der Waals surface area contributed by atoms with Gasteiger partial charge in [0.05, 0.1) is 0 Å². The molecule has 0 spiro atoms. The number of hydrogen-bond acceptors (Lipinski definition) is 2. The second kappa shape index (κ2) is 6.00. The van der Waals surface area contributed by atoms with Gasteiger partial charge in [0, 0.05) is 19.5 Å². The van der Waals surface area contributed by atoms with Crippen molar-refractivity contribution in [2.75, 3.05) is 20.1 Å². The maximum absolute atomic E-state index is 11.5. The maximum atomic E-state index is 11.5. The molecule has 0 aromatic rings. The lowest BCUT2D eigenvalue weighted by atomic mass is 10.1. The zero-order valence-corrected chi connectivity index (χ0v) is 8.34. The van der Waals surface area contributed by atoms with Gasteiger partial charge in [-0.15, -0.1) is 0 Å². The average molecular weight is 172 g/mol. The van der Waals surface area contributed by atoms with Crippen LogP contribution in [0, 0.1) is 5.92 Å². The van der Waals surface area contributed by atoms with Crippen molar-refractivity contribution in [1.82, 2.24) is 4.90 Å². The van der Waals surface area contributed by atoms with Crippen LogP contribution in [0.15, 0.2) is 0 Å². The van der Waals surface area contributed by atoms with E-state index >= 15 is 0 Å². The van der Waals surface area contributed by atoms with Gasteiger partial charge in [-0.05, 0) is 19.4 Å². The second-order valence-electron chi connectivity index (χ2n) is 3.21. The standard InChI is InChI=1S/C9H20N2O/c1-4-8(2)9(12)11(3)7-5-6-10/h8H,4-7,10H2,1-3H3. The highest BCUT2D eigenvalue weighted by Gasteiger charge is 2.14. The van der Waals surface area contributed by atoms with Gasteiger partial charge in [-0.1, -0.05) is 13.8 Å². The zero-order valence-electron chi connectivity index (χ0n) is 8.34. The molecular weight excluding hydrogens is 152 g/mol. The lowest BCUT2D eigenvalue weighted by Gasteiger charge is -2.20. The third kappa shape index (κ3) is 3.72. The van der Waals surface area contributed by atoms with Crippen LogP contribution in [0.2, 0.25) is 0 Å². The molecule has 0 aliphatic carbocycles. The summed E-state index contributed by atoms with van der Waals surface area (Å²) >= 11 is 0. The van der Waals surface area contributed by atoms with Crippen LogP contribution in [0.5, 0.6) is 0 Å². The van der Waals surface area contributed by atoms with Crippen molar-refractivity contribution in [2.24, 2.45) is 11.7 Å². The topological polar surface area (TPSA) is 46.3 Å². The van der Waals surface area contributed by atoms with Crippen LogP contribution in [0.1, 0.15) is 26.7 Å². The van der Waals surface area contributed by atoms with E-state index in [-0.39, 0.29) is 11.8 Å². The molecule has 72 valence electrons. The fraction of sp³-hybridized carbons (Fsp3) is 0.889. The van der Waals surface area contributed by atoms with Crippen LogP contribution in [-0.2, 0) is 4.79 Å². The number of amides is 1. The largest absolute Gasteiger partial charge is 0.345 e. The fourth-order valence-electron chi connectivity index (χ4n) is 0.989. The van der Waals surface area contributed by atoms with E-state index in [4.69, 9.17) is 5.73 Å². The Balaban J connectivity index is 3.75. The van der Waals surface area contributed by atoms with E-state index in [9.17, 15) is 4.79 Å². The summed E-state index contributed by atoms with van der Waals surface area (Å²) in [4.78, 5) is 13.2. The van der Waals surface area contributed by atoms with Gasteiger partial charge in [0.2, 0.25) is 5.91 Å². The minimum atomic E-state index is 0.146. The van der Waals surface area contributed by atoms with E-state index in [1.165, 1.54) is 0 Å². The van der Waals surface area contributed by atoms with E-state index in [1.807, 2.05) is 20.9 Å². The molecular formula is C9H20N2O. The smallest absolute Gasteiger partial charge is 0.225 e. The third-order valence-electron chi connectivity index (χ3n) is 2.11. The van der Waals surface area contributed by atoms with Crippen LogP contribution in [-0.4, -0.2) is 30.9 Å². The summed E-state index contributed by atoms with van der Waals surface area (Å²) in [5.41, 5.74) is 5.35. The summed E-state index contributed by atoms with van der Waals surface area (Å²) in [5.74, 6) is 0.374. The molecule has 1 amide bonds. The first-order valence-electron chi connectivity index (χ1n) is 4.58. The van der Waals surface area contributed by atoms with E-state index in [1.54, 1.807) is 4.90 Å². The molecule has 0 aliphatic heterocycles. The summed E-state index contributed by atoms with van der Waals surface area (Å²) in [7, 11) is 1.84. The second-order valence-corrected chi connectivity index (χ2v) is 3.21. The Bertz CT molecular complexity index is 136. The van der Waals surface area contributed by atoms with Crippen LogP contribution < -0.4 is 5.73 Å². The molecule has 1 unspecified atom stereocenters. The van der Waals surface area contributed by atoms with Crippen molar-refractivity contribution in [3.63, 3.8) is 0 Å². The molecule has 0 bridgehead atoms. The average Bonchev–Trinajstić information content (AvgIpc) is 2.11. The minimum Gasteiger partial charge on any atom is -0.345 e. The molecule has 0 aromatic carbocycles. The van der Waals surface area contributed by atoms with Crippen molar-refractivity contribution in [2.45, 2.75) is 26.7 Å². The zero-order chi connectivity index (χ0) is 9.56. The first-order valence-corrected chi connectivity index (χ1v) is 4.58. The summed E-state index contributed by atoms with van der Waals surface area (Å²) in [6.45, 7) is 5.42. The molecule has 0 radical (unpaired) electrons. The van der Waals surface area contributed by atoms with Crippen LogP contribution in [0.3, 0.4) is 0 Å². The Morgan fingerprint density at radius 3 is 2.58 bits per heavy atom. The Labute approximate surface area is 74.9 Å². The quantitative estimate of drug-likeness (QED) is 0.668. The maximum Gasteiger partial charge on any atom is 0.225 e. The number of hydrogen-bond donors (Lipinski definition) is 1. The number of carbonyl (C=O) groups excluding carboxylic acids is 1. The summed E-state index contributed by atoms with van der Waals surface area (Å²) in [5, 5.41) is 0. The van der Waals surface area contributed by atoms with Gasteiger partial charge < -0.3 is 10.6 Å². The highest BCUT2D eigenvalue weighted by Crippen LogP contribution is 2.04. The molecule has 0 saturated heterocycles. The van der Waals surface area contributed by atoms with Crippen molar-refractivity contribution >= 4 is 5.91 Å². The van der Waals surface area contributed by atoms with Gasteiger partial charge in [-0.3, -0.25) is 4.79 Å². The first-order chi connectivity index (χ1) is 5.63. The van der Waals surface area contributed by atoms with Gasteiger partial charge in [-0.2, -0.15) is 0 Å². The Kier molecular flexibility index (Phi) is 5.72. The molecule has 0 heterocycles. The van der Waals surface area contributed by atoms with Crippen LogP contribution in [0.4, 0.5) is 0 Å². The molecule has 0 aliphatic rings. The van der Waals surface area contributed by atoms with E-state index in [0.29, 0.717) is 6.54 Å². The fourth-order valence-corrected chi connectivity index (χ4v) is 0.989. The molecule has 2 N–H and O–H groups in total. The first kappa shape index (κ1) is 11.4. The number of carbonyl (C=O) groups is 1. The van der Waals surface area contributed by atoms with Crippen molar-refractivity contribution in [3.8, 4) is 0 Å². The van der Waals surface area contributed by atoms with E-state index in [2.05, 4.69) is 0 Å². The molecule has 0 aromatic heterocycles. The van der Waals surface area contributed by atoms with Crippen molar-refractivity contribution in [1.29, 1.82) is 0 Å². The van der Waals surface area contributed by atoms with Crippen LogP contribution in [0.25, 0.3) is 0 Å². The van der Waals surface area contributed by atoms with Gasteiger partial charge in [0.15, 0.2) is 0 Å². The summed E-state index contributed by atoms with van der Waals surface area (Å²) in [6.07, 6.45) is 1.80. The predicted molar refractivity (Wildman–Crippen MR) is 50.8 cm³/mol. The van der Waals surface area contributed by atoms with E-state index < -0.39 is 0 Å². The molecule has 3 heteroatoms. The Morgan fingerprint density at radius 2 is 2.17 bits per heavy atom. The third-order valence-corrected chi connectivity index (χ3v) is 2.11. The SMILES string of the molecule is CCC(C)C(=O)N(C)CCCN. The Hall–Kier alpha value is -0.570. The lowest BCUT2D eigenvalue weighted by molar-refractivity contribution is -0.133. The molecule has 0 rings (SSSR count). The van der Waals surface area contributed by atoms with Crippen LogP contribution >= 0.6 is 0 Å². The highest BCUT2D eigenvalue weighted by atomic mass is 16.2. The molecule has 3 nitrogen and oxygen atoms in total. The molecule has 0 saturated carbocycles. The van der Waals surface area contributed by atoms with Gasteiger partial charge >= 0.3 is 0 Å². The van der Waals surface area contributed by atoms with E-state index in [0.717, 1.165) is 19.4 Å². The van der Waals surface area contributed by atoms with Crippen molar-refractivity contribution < 1.29 is 4.79 Å². The predicted octanol–water partition coefficient (Wildman–Crippen LogP) is 0.840. The minimum absolute atomic E-state index is 0.146. The molecule has 1 atom stereocenters. The molecule has 0 fully saturated rings. The monoisotopic (exact) mass is 172 g/mol. The lowest BCUT2D eigenvalue weighted by Crippen LogP contribution is -2.33. The van der Waals surface area contributed by atoms with Crippen molar-refractivity contribution in [3.05, 3.63) is 0 Å². The number of rotatable bonds is 5. The summed E-state index contributed by atoms with van der Waals surface area (Å²) in [6, 6.07) is 0. The normalized spacial score (nSPS) is 12.7. The van der Waals surface area contributed by atoms with Gasteiger partial charge in [0.1, 0.15) is 0 Å².